The van der Waals surface area contributed by atoms with Crippen LogP contribution in [0.15, 0.2) is 61.2 Å². The Kier molecular flexibility index (Phi) is 4.75. The number of hydrogen-bond donors (Lipinski definition) is 0. The summed E-state index contributed by atoms with van der Waals surface area (Å²) < 4.78 is 6.36. The summed E-state index contributed by atoms with van der Waals surface area (Å²) in [5.74, 6) is 0.406. The van der Waals surface area contributed by atoms with E-state index in [4.69, 9.17) is 4.74 Å². The average Bonchev–Trinajstić information content (AvgIpc) is 2.55. The van der Waals surface area contributed by atoms with Crippen molar-refractivity contribution in [3.63, 3.8) is 0 Å². The molecular formula is C17H10Br2O3S. The number of allylic oxidation sites excluding steroid dienone is 2. The van der Waals surface area contributed by atoms with Gasteiger partial charge in [-0.1, -0.05) is 43.6 Å². The molecule has 0 aliphatic heterocycles. The van der Waals surface area contributed by atoms with E-state index in [0.29, 0.717) is 25.0 Å². The van der Waals surface area contributed by atoms with Crippen LogP contribution in [-0.2, 0) is 0 Å². The molecule has 0 unspecified atom stereocenters. The SMILES string of the molecule is COc1ccc(SC2=CC(=O)c3c(Br)ccc(Br)c3C2=O)cc1. The van der Waals surface area contributed by atoms with Gasteiger partial charge in [0, 0.05) is 31.0 Å². The maximum Gasteiger partial charge on any atom is 0.201 e. The molecule has 0 aromatic heterocycles. The second-order valence-corrected chi connectivity index (χ2v) is 7.58. The Balaban J connectivity index is 1.97. The van der Waals surface area contributed by atoms with E-state index in [9.17, 15) is 9.59 Å². The van der Waals surface area contributed by atoms with Gasteiger partial charge in [0.1, 0.15) is 5.75 Å². The number of Topliss-reactive ketones (excluding diaryl/α,β-unsaturated/α-hetero) is 1. The first-order valence-corrected chi connectivity index (χ1v) is 9.02. The molecule has 0 saturated carbocycles. The maximum absolute atomic E-state index is 12.7. The molecule has 2 aromatic carbocycles. The molecule has 2 aromatic rings. The topological polar surface area (TPSA) is 43.4 Å². The fraction of sp³-hybridized carbons (Fsp3) is 0.0588. The van der Waals surface area contributed by atoms with Crippen LogP contribution in [0.1, 0.15) is 20.7 Å². The number of ether oxygens (including phenoxy) is 1. The minimum atomic E-state index is -0.177. The summed E-state index contributed by atoms with van der Waals surface area (Å²) in [5.41, 5.74) is 0.811. The molecule has 0 heterocycles. The molecule has 3 rings (SSSR count). The molecular weight excluding hydrogens is 444 g/mol. The summed E-state index contributed by atoms with van der Waals surface area (Å²) in [6.07, 6.45) is 1.40. The van der Waals surface area contributed by atoms with Crippen molar-refractivity contribution in [2.24, 2.45) is 0 Å². The quantitative estimate of drug-likeness (QED) is 0.634. The third kappa shape index (κ3) is 3.16. The zero-order valence-corrected chi connectivity index (χ0v) is 15.9. The van der Waals surface area contributed by atoms with Crippen molar-refractivity contribution in [2.45, 2.75) is 4.90 Å². The summed E-state index contributed by atoms with van der Waals surface area (Å²) in [6.45, 7) is 0. The largest absolute Gasteiger partial charge is 0.497 e. The number of ketones is 2. The van der Waals surface area contributed by atoms with E-state index in [2.05, 4.69) is 31.9 Å². The fourth-order valence-electron chi connectivity index (χ4n) is 2.24. The standard InChI is InChI=1S/C17H10Br2O3S/c1-22-9-2-4-10(5-3-9)23-14-8-13(20)15-11(18)6-7-12(19)16(15)17(14)21/h2-8H,1H3. The second kappa shape index (κ2) is 6.63. The van der Waals surface area contributed by atoms with Gasteiger partial charge in [0.2, 0.25) is 5.78 Å². The van der Waals surface area contributed by atoms with Crippen molar-refractivity contribution in [1.29, 1.82) is 0 Å². The monoisotopic (exact) mass is 452 g/mol. The molecule has 0 spiro atoms. The lowest BCUT2D eigenvalue weighted by Crippen LogP contribution is -2.17. The number of carbonyl (C=O) groups is 2. The second-order valence-electron chi connectivity index (χ2n) is 4.76. The summed E-state index contributed by atoms with van der Waals surface area (Å²) >= 11 is 7.98. The lowest BCUT2D eigenvalue weighted by molar-refractivity contribution is 0.0990. The van der Waals surface area contributed by atoms with Crippen molar-refractivity contribution in [1.82, 2.24) is 0 Å². The van der Waals surface area contributed by atoms with Gasteiger partial charge < -0.3 is 4.74 Å². The molecule has 0 radical (unpaired) electrons. The number of hydrogen-bond acceptors (Lipinski definition) is 4. The predicted octanol–water partition coefficient (Wildman–Crippen LogP) is 5.28. The smallest absolute Gasteiger partial charge is 0.201 e. The molecule has 1 aliphatic carbocycles. The van der Waals surface area contributed by atoms with Crippen molar-refractivity contribution in [3.8, 4) is 5.75 Å². The highest BCUT2D eigenvalue weighted by Crippen LogP contribution is 2.38. The molecule has 0 N–H and O–H groups in total. The Morgan fingerprint density at radius 1 is 0.913 bits per heavy atom. The van der Waals surface area contributed by atoms with E-state index < -0.39 is 0 Å². The van der Waals surface area contributed by atoms with E-state index >= 15 is 0 Å². The van der Waals surface area contributed by atoms with E-state index in [1.807, 2.05) is 24.3 Å². The summed E-state index contributed by atoms with van der Waals surface area (Å²) in [7, 11) is 1.60. The summed E-state index contributed by atoms with van der Waals surface area (Å²) in [5, 5.41) is 0. The Bertz CT molecular complexity index is 842. The van der Waals surface area contributed by atoms with Crippen LogP contribution in [0, 0.1) is 0 Å². The fourth-order valence-corrected chi connectivity index (χ4v) is 4.16. The summed E-state index contributed by atoms with van der Waals surface area (Å²) in [6, 6.07) is 10.9. The zero-order valence-electron chi connectivity index (χ0n) is 11.9. The molecule has 116 valence electrons. The molecule has 0 atom stereocenters. The van der Waals surface area contributed by atoms with Crippen LogP contribution >= 0.6 is 43.6 Å². The average molecular weight is 454 g/mol. The lowest BCUT2D eigenvalue weighted by atomic mass is 9.95. The molecule has 0 fully saturated rings. The third-order valence-corrected chi connectivity index (χ3v) is 5.70. The number of rotatable bonds is 3. The molecule has 0 bridgehead atoms. The number of halogens is 2. The van der Waals surface area contributed by atoms with Crippen molar-refractivity contribution in [3.05, 3.63) is 67.5 Å². The lowest BCUT2D eigenvalue weighted by Gasteiger charge is -2.17. The Hall–Kier alpha value is -1.37. The molecule has 3 nitrogen and oxygen atoms in total. The van der Waals surface area contributed by atoms with Crippen molar-refractivity contribution >= 4 is 55.2 Å². The van der Waals surface area contributed by atoms with Gasteiger partial charge in [-0.15, -0.1) is 0 Å². The first kappa shape index (κ1) is 16.5. The van der Waals surface area contributed by atoms with Gasteiger partial charge >= 0.3 is 0 Å². The van der Waals surface area contributed by atoms with Crippen LogP contribution in [0.3, 0.4) is 0 Å². The van der Waals surface area contributed by atoms with Gasteiger partial charge in [0.25, 0.3) is 0 Å². The molecule has 0 amide bonds. The van der Waals surface area contributed by atoms with Crippen LogP contribution in [-0.4, -0.2) is 18.7 Å². The number of thioether (sulfide) groups is 1. The first-order chi connectivity index (χ1) is 11.0. The number of fused-ring (bicyclic) bond motifs is 1. The Labute approximate surface area is 154 Å². The molecule has 6 heteroatoms. The van der Waals surface area contributed by atoms with E-state index in [1.54, 1.807) is 19.2 Å². The highest BCUT2D eigenvalue weighted by Gasteiger charge is 2.30. The molecule has 1 aliphatic rings. The number of benzene rings is 2. The highest BCUT2D eigenvalue weighted by atomic mass is 79.9. The van der Waals surface area contributed by atoms with Gasteiger partial charge in [-0.3, -0.25) is 9.59 Å². The molecule has 0 saturated heterocycles. The van der Waals surface area contributed by atoms with Gasteiger partial charge in [-0.25, -0.2) is 0 Å². The van der Waals surface area contributed by atoms with Crippen LogP contribution in [0.5, 0.6) is 5.75 Å². The van der Waals surface area contributed by atoms with Crippen molar-refractivity contribution < 1.29 is 14.3 Å². The van der Waals surface area contributed by atoms with Crippen LogP contribution in [0.2, 0.25) is 0 Å². The Morgan fingerprint density at radius 3 is 2.13 bits per heavy atom. The number of carbonyl (C=O) groups excluding carboxylic acids is 2. The predicted molar refractivity (Wildman–Crippen MR) is 97.4 cm³/mol. The van der Waals surface area contributed by atoms with E-state index in [1.165, 1.54) is 17.8 Å². The maximum atomic E-state index is 12.7. The highest BCUT2D eigenvalue weighted by molar-refractivity contribution is 9.11. The van der Waals surface area contributed by atoms with E-state index in [0.717, 1.165) is 10.6 Å². The minimum absolute atomic E-state index is 0.159. The molecule has 23 heavy (non-hydrogen) atoms. The van der Waals surface area contributed by atoms with Gasteiger partial charge in [-0.2, -0.15) is 0 Å². The van der Waals surface area contributed by atoms with Crippen LogP contribution in [0.25, 0.3) is 0 Å². The Morgan fingerprint density at radius 2 is 1.52 bits per heavy atom. The normalized spacial score (nSPS) is 13.6. The van der Waals surface area contributed by atoms with Crippen LogP contribution in [0.4, 0.5) is 0 Å². The third-order valence-electron chi connectivity index (χ3n) is 3.35. The minimum Gasteiger partial charge on any atom is -0.497 e. The number of methoxy groups -OCH3 is 1. The first-order valence-electron chi connectivity index (χ1n) is 6.62. The van der Waals surface area contributed by atoms with Gasteiger partial charge in [0.05, 0.1) is 12.0 Å². The van der Waals surface area contributed by atoms with Crippen LogP contribution < -0.4 is 4.74 Å². The zero-order chi connectivity index (χ0) is 16.6. The van der Waals surface area contributed by atoms with Crippen molar-refractivity contribution in [2.75, 3.05) is 7.11 Å². The van der Waals surface area contributed by atoms with Gasteiger partial charge in [0.15, 0.2) is 5.78 Å². The van der Waals surface area contributed by atoms with Gasteiger partial charge in [-0.05, 0) is 36.4 Å². The van der Waals surface area contributed by atoms with E-state index in [-0.39, 0.29) is 11.6 Å². The summed E-state index contributed by atoms with van der Waals surface area (Å²) in [4.78, 5) is 26.4.